The summed E-state index contributed by atoms with van der Waals surface area (Å²) in [5.74, 6) is 0. The molecule has 0 radical (unpaired) electrons. The summed E-state index contributed by atoms with van der Waals surface area (Å²) in [5, 5.41) is 4.37. The van der Waals surface area contributed by atoms with E-state index in [2.05, 4.69) is 14.6 Å². The Hall–Kier alpha value is -1.14. The molecule has 0 aliphatic heterocycles. The van der Waals surface area contributed by atoms with Crippen LogP contribution in [0.2, 0.25) is 0 Å². The number of aromatic amines is 1. The monoisotopic (exact) mass is 240 g/mol. The van der Waals surface area contributed by atoms with Crippen LogP contribution in [0.25, 0.3) is 11.2 Å². The third-order valence-corrected chi connectivity index (χ3v) is 2.98. The molecule has 1 N–H and O–H groups in total. The highest BCUT2D eigenvalue weighted by Crippen LogP contribution is 2.17. The van der Waals surface area contributed by atoms with Crippen LogP contribution in [0.15, 0.2) is 0 Å². The summed E-state index contributed by atoms with van der Waals surface area (Å²) < 4.78 is 9.74. The predicted octanol–water partition coefficient (Wildman–Crippen LogP) is 1.78. The Kier molecular flexibility index (Phi) is 3.11. The lowest BCUT2D eigenvalue weighted by Crippen LogP contribution is -2.05. The third-order valence-electron chi connectivity index (χ3n) is 2.65. The number of H-pyrrole nitrogens is 1. The summed E-state index contributed by atoms with van der Waals surface area (Å²) in [6.07, 6.45) is 0.946. The molecule has 0 aliphatic carbocycles. The van der Waals surface area contributed by atoms with Crippen molar-refractivity contribution in [3.63, 3.8) is 0 Å². The van der Waals surface area contributed by atoms with Crippen molar-refractivity contribution in [2.24, 2.45) is 7.05 Å². The smallest absolute Gasteiger partial charge is 0.179 e. The number of aryl methyl sites for hydroxylation is 3. The van der Waals surface area contributed by atoms with Crippen LogP contribution in [0.1, 0.15) is 12.1 Å². The zero-order valence-corrected chi connectivity index (χ0v) is 10.6. The molecular weight excluding hydrogens is 224 g/mol. The topological polar surface area (TPSA) is 47.8 Å². The summed E-state index contributed by atoms with van der Waals surface area (Å²) in [4.78, 5) is 3.20. The number of aromatic nitrogens is 4. The molecule has 2 aromatic rings. The van der Waals surface area contributed by atoms with Crippen LogP contribution in [-0.4, -0.2) is 33.0 Å². The normalized spacial score (nSPS) is 11.4. The minimum atomic E-state index is 0.741. The van der Waals surface area contributed by atoms with Gasteiger partial charge in [0.25, 0.3) is 0 Å². The first-order chi connectivity index (χ1) is 7.65. The van der Waals surface area contributed by atoms with E-state index in [9.17, 15) is 0 Å². The van der Waals surface area contributed by atoms with Crippen LogP contribution in [0.4, 0.5) is 0 Å². The standard InChI is InChI=1S/C10H16N4OS/c1-7-8-9(13(2)12-7)14(10(16)11-8)5-4-6-15-3/h4-6H2,1-3H3,(H,11,16). The molecule has 0 amide bonds. The molecule has 0 fully saturated rings. The van der Waals surface area contributed by atoms with Crippen molar-refractivity contribution >= 4 is 23.4 Å². The number of fused-ring (bicyclic) bond motifs is 1. The molecule has 16 heavy (non-hydrogen) atoms. The number of hydrogen-bond donors (Lipinski definition) is 1. The second kappa shape index (κ2) is 4.39. The number of methoxy groups -OCH3 is 1. The molecular formula is C10H16N4OS. The van der Waals surface area contributed by atoms with E-state index in [4.69, 9.17) is 17.0 Å². The van der Waals surface area contributed by atoms with Crippen molar-refractivity contribution in [1.29, 1.82) is 0 Å². The Morgan fingerprint density at radius 1 is 1.50 bits per heavy atom. The number of nitrogens with one attached hydrogen (secondary N) is 1. The average Bonchev–Trinajstić information content (AvgIpc) is 2.69. The van der Waals surface area contributed by atoms with E-state index < -0.39 is 0 Å². The van der Waals surface area contributed by atoms with Crippen LogP contribution in [0.5, 0.6) is 0 Å². The molecule has 88 valence electrons. The van der Waals surface area contributed by atoms with Crippen LogP contribution >= 0.6 is 12.2 Å². The molecule has 6 heteroatoms. The van der Waals surface area contributed by atoms with Gasteiger partial charge in [-0.15, -0.1) is 0 Å². The molecule has 0 spiro atoms. The van der Waals surface area contributed by atoms with Crippen molar-refractivity contribution in [2.75, 3.05) is 13.7 Å². The minimum absolute atomic E-state index is 0.741. The Balaban J connectivity index is 2.43. The quantitative estimate of drug-likeness (QED) is 0.654. The molecule has 0 aromatic carbocycles. The molecule has 0 saturated carbocycles. The number of hydrogen-bond acceptors (Lipinski definition) is 3. The van der Waals surface area contributed by atoms with Gasteiger partial charge in [0.15, 0.2) is 10.4 Å². The number of imidazole rings is 1. The van der Waals surface area contributed by atoms with Gasteiger partial charge < -0.3 is 14.3 Å². The lowest BCUT2D eigenvalue weighted by molar-refractivity contribution is 0.190. The van der Waals surface area contributed by atoms with Crippen molar-refractivity contribution in [3.05, 3.63) is 10.5 Å². The van der Waals surface area contributed by atoms with Crippen LogP contribution < -0.4 is 0 Å². The largest absolute Gasteiger partial charge is 0.385 e. The highest BCUT2D eigenvalue weighted by molar-refractivity contribution is 7.71. The van der Waals surface area contributed by atoms with Gasteiger partial charge in [0, 0.05) is 27.3 Å². The predicted molar refractivity (Wildman–Crippen MR) is 65.1 cm³/mol. The summed E-state index contributed by atoms with van der Waals surface area (Å²) in [6.45, 7) is 3.57. The fourth-order valence-corrected chi connectivity index (χ4v) is 2.23. The van der Waals surface area contributed by atoms with E-state index in [-0.39, 0.29) is 0 Å². The molecule has 0 atom stereocenters. The summed E-state index contributed by atoms with van der Waals surface area (Å²) >= 11 is 5.30. The molecule has 0 bridgehead atoms. The molecule has 2 rings (SSSR count). The van der Waals surface area contributed by atoms with E-state index in [1.807, 2.05) is 18.7 Å². The van der Waals surface area contributed by atoms with Crippen LogP contribution in [-0.2, 0) is 18.3 Å². The van der Waals surface area contributed by atoms with Gasteiger partial charge >= 0.3 is 0 Å². The van der Waals surface area contributed by atoms with Gasteiger partial charge in [-0.25, -0.2) is 0 Å². The maximum atomic E-state index is 5.30. The van der Waals surface area contributed by atoms with E-state index in [0.29, 0.717) is 0 Å². The van der Waals surface area contributed by atoms with Gasteiger partial charge in [-0.2, -0.15) is 5.10 Å². The van der Waals surface area contributed by atoms with E-state index in [1.54, 1.807) is 7.11 Å². The van der Waals surface area contributed by atoms with Gasteiger partial charge in [0.2, 0.25) is 0 Å². The fraction of sp³-hybridized carbons (Fsp3) is 0.600. The maximum absolute atomic E-state index is 5.30. The highest BCUT2D eigenvalue weighted by Gasteiger charge is 2.11. The van der Waals surface area contributed by atoms with Gasteiger partial charge in [-0.3, -0.25) is 4.68 Å². The molecule has 0 aliphatic rings. The van der Waals surface area contributed by atoms with Gasteiger partial charge in [-0.1, -0.05) is 0 Å². The van der Waals surface area contributed by atoms with Crippen LogP contribution in [0, 0.1) is 11.7 Å². The first-order valence-corrected chi connectivity index (χ1v) is 5.67. The summed E-state index contributed by atoms with van der Waals surface area (Å²) in [5.41, 5.74) is 3.07. The van der Waals surface area contributed by atoms with Gasteiger partial charge in [0.1, 0.15) is 5.52 Å². The third kappa shape index (κ3) is 1.78. The second-order valence-electron chi connectivity index (χ2n) is 3.84. The zero-order valence-electron chi connectivity index (χ0n) is 9.78. The Labute approximate surface area is 99.0 Å². The Morgan fingerprint density at radius 3 is 2.94 bits per heavy atom. The molecule has 2 heterocycles. The molecule has 5 nitrogen and oxygen atoms in total. The van der Waals surface area contributed by atoms with Crippen molar-refractivity contribution < 1.29 is 4.74 Å². The fourth-order valence-electron chi connectivity index (χ4n) is 1.95. The molecule has 2 aromatic heterocycles. The average molecular weight is 240 g/mol. The first kappa shape index (κ1) is 11.3. The van der Waals surface area contributed by atoms with Crippen molar-refractivity contribution in [2.45, 2.75) is 19.9 Å². The zero-order chi connectivity index (χ0) is 11.7. The number of rotatable bonds is 4. The highest BCUT2D eigenvalue weighted by atomic mass is 32.1. The first-order valence-electron chi connectivity index (χ1n) is 5.26. The van der Waals surface area contributed by atoms with Crippen molar-refractivity contribution in [3.8, 4) is 0 Å². The van der Waals surface area contributed by atoms with Gasteiger partial charge in [0.05, 0.1) is 5.69 Å². The summed E-state index contributed by atoms with van der Waals surface area (Å²) in [6, 6.07) is 0. The van der Waals surface area contributed by atoms with Gasteiger partial charge in [-0.05, 0) is 25.6 Å². The molecule has 0 saturated heterocycles. The summed E-state index contributed by atoms with van der Waals surface area (Å²) in [7, 11) is 3.64. The number of ether oxygens (including phenoxy) is 1. The van der Waals surface area contributed by atoms with E-state index in [1.165, 1.54) is 0 Å². The Bertz CT molecular complexity index is 551. The lowest BCUT2D eigenvalue weighted by Gasteiger charge is -2.03. The number of nitrogens with zero attached hydrogens (tertiary/aromatic N) is 3. The van der Waals surface area contributed by atoms with E-state index >= 15 is 0 Å². The second-order valence-corrected chi connectivity index (χ2v) is 4.22. The van der Waals surface area contributed by atoms with E-state index in [0.717, 1.165) is 41.2 Å². The van der Waals surface area contributed by atoms with Crippen LogP contribution in [0.3, 0.4) is 0 Å². The lowest BCUT2D eigenvalue weighted by atomic mass is 10.4. The minimum Gasteiger partial charge on any atom is -0.385 e. The Morgan fingerprint density at radius 2 is 2.25 bits per heavy atom. The maximum Gasteiger partial charge on any atom is 0.179 e. The SMILES string of the molecule is COCCCn1c(=S)[nH]c2c(C)nn(C)c21. The van der Waals surface area contributed by atoms with Crippen molar-refractivity contribution in [1.82, 2.24) is 19.3 Å². The molecule has 0 unspecified atom stereocenters.